The standard InChI is InChI=1S/C7H12O2S/c1-3-9-7(8)5-6-10-4-2/h4H,2-3,5-6H2,1H3. The number of esters is 1. The topological polar surface area (TPSA) is 26.3 Å². The van der Waals surface area contributed by atoms with E-state index in [1.165, 1.54) is 11.8 Å². The van der Waals surface area contributed by atoms with Crippen LogP contribution in [0.3, 0.4) is 0 Å². The molecule has 0 aromatic carbocycles. The van der Waals surface area contributed by atoms with Crippen LogP contribution in [0.5, 0.6) is 0 Å². The Morgan fingerprint density at radius 3 is 3.00 bits per heavy atom. The van der Waals surface area contributed by atoms with Gasteiger partial charge in [0.05, 0.1) is 13.0 Å². The van der Waals surface area contributed by atoms with Gasteiger partial charge in [-0.2, -0.15) is 0 Å². The molecule has 0 unspecified atom stereocenters. The minimum atomic E-state index is -0.128. The molecule has 58 valence electrons. The quantitative estimate of drug-likeness (QED) is 0.453. The number of carbonyl (C=O) groups excluding carboxylic acids is 1. The van der Waals surface area contributed by atoms with E-state index in [0.29, 0.717) is 13.0 Å². The van der Waals surface area contributed by atoms with Gasteiger partial charge in [0.1, 0.15) is 0 Å². The summed E-state index contributed by atoms with van der Waals surface area (Å²) in [6, 6.07) is 0. The lowest BCUT2D eigenvalue weighted by Crippen LogP contribution is -2.04. The zero-order valence-corrected chi connectivity index (χ0v) is 6.95. The molecule has 0 heterocycles. The number of thioether (sulfide) groups is 1. The fourth-order valence-electron chi connectivity index (χ4n) is 0.459. The Morgan fingerprint density at radius 1 is 1.80 bits per heavy atom. The van der Waals surface area contributed by atoms with E-state index < -0.39 is 0 Å². The first-order valence-electron chi connectivity index (χ1n) is 3.19. The van der Waals surface area contributed by atoms with E-state index in [4.69, 9.17) is 4.74 Å². The van der Waals surface area contributed by atoms with Gasteiger partial charge < -0.3 is 4.74 Å². The van der Waals surface area contributed by atoms with Crippen LogP contribution in [-0.4, -0.2) is 18.3 Å². The largest absolute Gasteiger partial charge is 0.466 e. The SMILES string of the molecule is C=CSCCC(=O)OCC. The van der Waals surface area contributed by atoms with Crippen molar-refractivity contribution in [3.05, 3.63) is 12.0 Å². The number of ether oxygens (including phenoxy) is 1. The lowest BCUT2D eigenvalue weighted by molar-refractivity contribution is -0.142. The molecule has 0 spiro atoms. The van der Waals surface area contributed by atoms with Crippen LogP contribution in [0.25, 0.3) is 0 Å². The number of rotatable bonds is 5. The summed E-state index contributed by atoms with van der Waals surface area (Å²) in [4.78, 5) is 10.6. The molecule has 0 N–H and O–H groups in total. The van der Waals surface area contributed by atoms with Gasteiger partial charge in [-0.1, -0.05) is 6.58 Å². The third kappa shape index (κ3) is 5.69. The lowest BCUT2D eigenvalue weighted by atomic mass is 10.5. The molecule has 3 heteroatoms. The van der Waals surface area contributed by atoms with Gasteiger partial charge in [-0.3, -0.25) is 4.79 Å². The van der Waals surface area contributed by atoms with Crippen LogP contribution in [0.4, 0.5) is 0 Å². The summed E-state index contributed by atoms with van der Waals surface area (Å²) in [5.74, 6) is 0.638. The van der Waals surface area contributed by atoms with Crippen molar-refractivity contribution < 1.29 is 9.53 Å². The molecule has 0 aliphatic carbocycles. The molecule has 0 aliphatic heterocycles. The van der Waals surface area contributed by atoms with Crippen molar-refractivity contribution in [2.45, 2.75) is 13.3 Å². The first-order valence-corrected chi connectivity index (χ1v) is 4.24. The first kappa shape index (κ1) is 9.56. The van der Waals surface area contributed by atoms with Crippen molar-refractivity contribution in [1.29, 1.82) is 0 Å². The Bertz CT molecular complexity index is 112. The maximum atomic E-state index is 10.6. The Hall–Kier alpha value is -0.440. The fourth-order valence-corrected chi connectivity index (χ4v) is 0.910. The van der Waals surface area contributed by atoms with E-state index >= 15 is 0 Å². The summed E-state index contributed by atoms with van der Waals surface area (Å²) >= 11 is 1.53. The van der Waals surface area contributed by atoms with Crippen LogP contribution in [0.15, 0.2) is 12.0 Å². The van der Waals surface area contributed by atoms with E-state index in [1.807, 2.05) is 0 Å². The van der Waals surface area contributed by atoms with Gasteiger partial charge in [0.15, 0.2) is 0 Å². The van der Waals surface area contributed by atoms with E-state index in [-0.39, 0.29) is 5.97 Å². The molecular weight excluding hydrogens is 148 g/mol. The Morgan fingerprint density at radius 2 is 2.50 bits per heavy atom. The molecule has 0 amide bonds. The molecule has 0 radical (unpaired) electrons. The number of hydrogen-bond acceptors (Lipinski definition) is 3. The maximum Gasteiger partial charge on any atom is 0.306 e. The average Bonchev–Trinajstić information content (AvgIpc) is 1.89. The molecule has 0 saturated carbocycles. The highest BCUT2D eigenvalue weighted by atomic mass is 32.2. The van der Waals surface area contributed by atoms with Crippen LogP contribution in [0, 0.1) is 0 Å². The zero-order valence-electron chi connectivity index (χ0n) is 6.13. The molecule has 0 atom stereocenters. The normalized spacial score (nSPS) is 8.90. The molecule has 0 rings (SSSR count). The Kier molecular flexibility index (Phi) is 6.38. The minimum Gasteiger partial charge on any atom is -0.466 e. The maximum absolute atomic E-state index is 10.6. The molecule has 0 bridgehead atoms. The van der Waals surface area contributed by atoms with Crippen molar-refractivity contribution in [1.82, 2.24) is 0 Å². The monoisotopic (exact) mass is 160 g/mol. The van der Waals surface area contributed by atoms with Crippen LogP contribution in [-0.2, 0) is 9.53 Å². The molecule has 0 aromatic heterocycles. The Labute approximate surface area is 65.6 Å². The zero-order chi connectivity index (χ0) is 7.82. The van der Waals surface area contributed by atoms with Crippen LogP contribution in [0.2, 0.25) is 0 Å². The number of hydrogen-bond donors (Lipinski definition) is 0. The van der Waals surface area contributed by atoms with E-state index in [9.17, 15) is 4.79 Å². The smallest absolute Gasteiger partial charge is 0.306 e. The second-order valence-electron chi connectivity index (χ2n) is 1.59. The van der Waals surface area contributed by atoms with Crippen LogP contribution < -0.4 is 0 Å². The van der Waals surface area contributed by atoms with E-state index in [2.05, 4.69) is 6.58 Å². The summed E-state index contributed by atoms with van der Waals surface area (Å²) in [6.07, 6.45) is 0.477. The summed E-state index contributed by atoms with van der Waals surface area (Å²) in [7, 11) is 0. The highest BCUT2D eigenvalue weighted by molar-refractivity contribution is 8.02. The molecule has 0 aliphatic rings. The molecule has 2 nitrogen and oxygen atoms in total. The minimum absolute atomic E-state index is 0.128. The highest BCUT2D eigenvalue weighted by Crippen LogP contribution is 2.02. The van der Waals surface area contributed by atoms with Gasteiger partial charge in [0.2, 0.25) is 0 Å². The second-order valence-corrected chi connectivity index (χ2v) is 2.67. The molecule has 0 fully saturated rings. The fraction of sp³-hybridized carbons (Fsp3) is 0.571. The van der Waals surface area contributed by atoms with Crippen molar-refractivity contribution in [2.24, 2.45) is 0 Å². The highest BCUT2D eigenvalue weighted by Gasteiger charge is 1.98. The van der Waals surface area contributed by atoms with Gasteiger partial charge in [-0.15, -0.1) is 11.8 Å². The summed E-state index contributed by atoms with van der Waals surface area (Å²) in [6.45, 7) is 5.79. The van der Waals surface area contributed by atoms with Crippen molar-refractivity contribution in [3.8, 4) is 0 Å². The third-order valence-electron chi connectivity index (χ3n) is 0.847. The van der Waals surface area contributed by atoms with Crippen molar-refractivity contribution >= 4 is 17.7 Å². The first-order chi connectivity index (χ1) is 4.81. The van der Waals surface area contributed by atoms with Gasteiger partial charge in [-0.05, 0) is 12.3 Å². The molecular formula is C7H12O2S. The number of carbonyl (C=O) groups is 1. The Balaban J connectivity index is 3.13. The van der Waals surface area contributed by atoms with Gasteiger partial charge in [0, 0.05) is 5.75 Å². The summed E-state index contributed by atoms with van der Waals surface area (Å²) in [5.41, 5.74) is 0. The molecule has 10 heavy (non-hydrogen) atoms. The van der Waals surface area contributed by atoms with Crippen LogP contribution in [0.1, 0.15) is 13.3 Å². The molecule has 0 aromatic rings. The van der Waals surface area contributed by atoms with Gasteiger partial charge >= 0.3 is 5.97 Å². The van der Waals surface area contributed by atoms with E-state index in [1.54, 1.807) is 12.3 Å². The van der Waals surface area contributed by atoms with Crippen molar-refractivity contribution in [3.63, 3.8) is 0 Å². The van der Waals surface area contributed by atoms with E-state index in [0.717, 1.165) is 5.75 Å². The summed E-state index contributed by atoms with van der Waals surface area (Å²) < 4.78 is 4.70. The molecule has 0 saturated heterocycles. The van der Waals surface area contributed by atoms with Crippen LogP contribution >= 0.6 is 11.8 Å². The predicted molar refractivity (Wildman–Crippen MR) is 43.9 cm³/mol. The lowest BCUT2D eigenvalue weighted by Gasteiger charge is -1.98. The van der Waals surface area contributed by atoms with Crippen molar-refractivity contribution in [2.75, 3.05) is 12.4 Å². The predicted octanol–water partition coefficient (Wildman–Crippen LogP) is 1.82. The second kappa shape index (κ2) is 6.68. The summed E-state index contributed by atoms with van der Waals surface area (Å²) in [5, 5.41) is 1.72. The third-order valence-corrected chi connectivity index (χ3v) is 1.52. The average molecular weight is 160 g/mol. The van der Waals surface area contributed by atoms with Gasteiger partial charge in [-0.25, -0.2) is 0 Å². The van der Waals surface area contributed by atoms with Gasteiger partial charge in [0.25, 0.3) is 0 Å².